The van der Waals surface area contributed by atoms with Gasteiger partial charge in [-0.15, -0.1) is 0 Å². The summed E-state index contributed by atoms with van der Waals surface area (Å²) < 4.78 is 0. The van der Waals surface area contributed by atoms with Gasteiger partial charge in [-0.1, -0.05) is 13.3 Å². The zero-order valence-electron chi connectivity index (χ0n) is 17.2. The van der Waals surface area contributed by atoms with E-state index in [1.165, 1.54) is 0 Å². The van der Waals surface area contributed by atoms with Crippen LogP contribution in [0.2, 0.25) is 0 Å². The smallest absolute Gasteiger partial charge is 0.335 e. The number of nitrogens with one attached hydrogen (secondary N) is 2. The lowest BCUT2D eigenvalue weighted by atomic mass is 10.0. The van der Waals surface area contributed by atoms with Crippen molar-refractivity contribution < 1.29 is 19.5 Å². The van der Waals surface area contributed by atoms with Gasteiger partial charge in [-0.3, -0.25) is 4.79 Å². The summed E-state index contributed by atoms with van der Waals surface area (Å²) in [5.74, 6) is 0.146. The molecule has 30 heavy (non-hydrogen) atoms. The fourth-order valence-corrected chi connectivity index (χ4v) is 6.05. The number of anilines is 1. The van der Waals surface area contributed by atoms with Crippen molar-refractivity contribution in [1.82, 2.24) is 10.6 Å². The standard InChI is InChI=1S/C22H29N3O4S/c1-2-13-11-15(9-10-16(13)21(27)28)25(14-7-8-14)19(26)6-4-3-5-18-20-17(12-30-18)23-22(29)24-20/h9-11,14,17-18,20H,2-8,12H2,1H3,(H,27,28)(H2,23,24,29)/t17-,18-,20-/m0/s1. The van der Waals surface area contributed by atoms with Crippen molar-refractivity contribution in [2.45, 2.75) is 75.2 Å². The molecule has 1 aliphatic carbocycles. The molecule has 3 aliphatic rings. The second kappa shape index (κ2) is 8.88. The number of hydrogen-bond donors (Lipinski definition) is 3. The second-order valence-electron chi connectivity index (χ2n) is 8.36. The fourth-order valence-electron chi connectivity index (χ4n) is 4.51. The number of hydrogen-bond acceptors (Lipinski definition) is 4. The normalized spacial score (nSPS) is 24.8. The minimum absolute atomic E-state index is 0.0640. The highest BCUT2D eigenvalue weighted by Gasteiger charge is 2.42. The molecule has 0 bridgehead atoms. The van der Waals surface area contributed by atoms with E-state index in [2.05, 4.69) is 10.6 Å². The van der Waals surface area contributed by atoms with Crippen LogP contribution in [0.5, 0.6) is 0 Å². The number of benzene rings is 1. The molecule has 1 saturated carbocycles. The summed E-state index contributed by atoms with van der Waals surface area (Å²) in [7, 11) is 0. The summed E-state index contributed by atoms with van der Waals surface area (Å²) in [6, 6.07) is 5.88. The Morgan fingerprint density at radius 1 is 1.23 bits per heavy atom. The molecule has 3 fully saturated rings. The Balaban J connectivity index is 1.32. The number of aryl methyl sites for hydroxylation is 1. The van der Waals surface area contributed by atoms with Crippen molar-refractivity contribution in [2.24, 2.45) is 0 Å². The van der Waals surface area contributed by atoms with Gasteiger partial charge in [0.15, 0.2) is 0 Å². The summed E-state index contributed by atoms with van der Waals surface area (Å²) >= 11 is 1.90. The lowest BCUT2D eigenvalue weighted by Gasteiger charge is -2.24. The third-order valence-corrected chi connectivity index (χ3v) is 7.74. The number of amides is 3. The van der Waals surface area contributed by atoms with Gasteiger partial charge in [-0.2, -0.15) is 11.8 Å². The number of thioether (sulfide) groups is 1. The Hall–Kier alpha value is -2.22. The van der Waals surface area contributed by atoms with Crippen LogP contribution in [0.15, 0.2) is 18.2 Å². The maximum absolute atomic E-state index is 13.0. The predicted octanol–water partition coefficient (Wildman–Crippen LogP) is 3.17. The second-order valence-corrected chi connectivity index (χ2v) is 9.63. The summed E-state index contributed by atoms with van der Waals surface area (Å²) in [6.45, 7) is 1.93. The molecule has 3 N–H and O–H groups in total. The first kappa shape index (κ1) is 21.0. The number of carboxylic acid groups (broad SMARTS) is 1. The van der Waals surface area contributed by atoms with Gasteiger partial charge in [0.2, 0.25) is 5.91 Å². The van der Waals surface area contributed by atoms with Gasteiger partial charge in [0, 0.05) is 29.2 Å². The molecule has 1 aromatic rings. The third kappa shape index (κ3) is 4.43. The quantitative estimate of drug-likeness (QED) is 0.412. The zero-order valence-corrected chi connectivity index (χ0v) is 18.0. The van der Waals surface area contributed by atoms with Crippen LogP contribution in [-0.2, 0) is 11.2 Å². The fraction of sp³-hybridized carbons (Fsp3) is 0.591. The molecule has 2 heterocycles. The first-order chi connectivity index (χ1) is 14.5. The first-order valence-corrected chi connectivity index (χ1v) is 11.9. The van der Waals surface area contributed by atoms with Gasteiger partial charge in [-0.05, 0) is 55.9 Å². The van der Waals surface area contributed by atoms with Crippen LogP contribution >= 0.6 is 11.8 Å². The van der Waals surface area contributed by atoms with Crippen LogP contribution < -0.4 is 15.5 Å². The number of carboxylic acids is 1. The van der Waals surface area contributed by atoms with Gasteiger partial charge in [0.05, 0.1) is 17.6 Å². The predicted molar refractivity (Wildman–Crippen MR) is 117 cm³/mol. The molecule has 0 radical (unpaired) electrons. The average molecular weight is 432 g/mol. The molecule has 0 aromatic heterocycles. The molecule has 4 rings (SSSR count). The molecule has 0 unspecified atom stereocenters. The van der Waals surface area contributed by atoms with Crippen LogP contribution in [0, 0.1) is 0 Å². The lowest BCUT2D eigenvalue weighted by molar-refractivity contribution is -0.118. The van der Waals surface area contributed by atoms with E-state index < -0.39 is 5.97 Å². The molecule has 7 nitrogen and oxygen atoms in total. The Labute approximate surface area is 181 Å². The summed E-state index contributed by atoms with van der Waals surface area (Å²) in [4.78, 5) is 37.8. The molecule has 3 atom stereocenters. The Morgan fingerprint density at radius 2 is 2.03 bits per heavy atom. The Kier molecular flexibility index (Phi) is 6.22. The SMILES string of the molecule is CCc1cc(N(C(=O)CCCC[C@@H]2SC[C@@H]3NC(=O)N[C@@H]32)C2CC2)ccc1C(=O)O. The van der Waals surface area contributed by atoms with E-state index in [0.717, 1.165) is 49.1 Å². The molecular formula is C22H29N3O4S. The minimum atomic E-state index is -0.927. The number of unbranched alkanes of at least 4 members (excludes halogenated alkanes) is 1. The third-order valence-electron chi connectivity index (χ3n) is 6.23. The zero-order chi connectivity index (χ0) is 21.3. The number of urea groups is 1. The van der Waals surface area contributed by atoms with E-state index in [1.54, 1.807) is 12.1 Å². The lowest BCUT2D eigenvalue weighted by Crippen LogP contribution is -2.36. The van der Waals surface area contributed by atoms with Gasteiger partial charge in [0.1, 0.15) is 0 Å². The molecule has 8 heteroatoms. The van der Waals surface area contributed by atoms with Gasteiger partial charge in [0.25, 0.3) is 0 Å². The van der Waals surface area contributed by atoms with Gasteiger partial charge < -0.3 is 20.6 Å². The highest BCUT2D eigenvalue weighted by molar-refractivity contribution is 8.00. The van der Waals surface area contributed by atoms with E-state index in [9.17, 15) is 19.5 Å². The van der Waals surface area contributed by atoms with Crippen molar-refractivity contribution in [1.29, 1.82) is 0 Å². The topological polar surface area (TPSA) is 98.7 Å². The molecule has 1 aromatic carbocycles. The van der Waals surface area contributed by atoms with Gasteiger partial charge in [-0.25, -0.2) is 9.59 Å². The molecule has 2 saturated heterocycles. The van der Waals surface area contributed by atoms with Crippen LogP contribution in [0.25, 0.3) is 0 Å². The summed E-state index contributed by atoms with van der Waals surface area (Å²) in [5, 5.41) is 15.7. The minimum Gasteiger partial charge on any atom is -0.478 e. The van der Waals surface area contributed by atoms with Crippen molar-refractivity contribution >= 4 is 35.4 Å². The van der Waals surface area contributed by atoms with Crippen LogP contribution in [-0.4, -0.2) is 52.1 Å². The van der Waals surface area contributed by atoms with Crippen molar-refractivity contribution in [3.8, 4) is 0 Å². The van der Waals surface area contributed by atoms with Crippen LogP contribution in [0.4, 0.5) is 10.5 Å². The van der Waals surface area contributed by atoms with E-state index in [-0.39, 0.29) is 30.1 Å². The molecule has 2 aliphatic heterocycles. The Bertz CT molecular complexity index is 842. The average Bonchev–Trinajstić information content (AvgIpc) is 3.38. The number of carbonyl (C=O) groups excluding carboxylic acids is 2. The number of aromatic carboxylic acids is 1. The van der Waals surface area contributed by atoms with E-state index in [4.69, 9.17) is 0 Å². The number of nitrogens with zero attached hydrogens (tertiary/aromatic N) is 1. The van der Waals surface area contributed by atoms with Crippen molar-refractivity contribution in [3.63, 3.8) is 0 Å². The number of fused-ring (bicyclic) bond motifs is 1. The van der Waals surface area contributed by atoms with Gasteiger partial charge >= 0.3 is 12.0 Å². The maximum Gasteiger partial charge on any atom is 0.335 e. The summed E-state index contributed by atoms with van der Waals surface area (Å²) in [6.07, 6.45) is 5.90. The number of rotatable bonds is 9. The highest BCUT2D eigenvalue weighted by Crippen LogP contribution is 2.35. The van der Waals surface area contributed by atoms with Crippen LogP contribution in [0.1, 0.15) is 61.4 Å². The summed E-state index contributed by atoms with van der Waals surface area (Å²) in [5.41, 5.74) is 1.89. The van der Waals surface area contributed by atoms with E-state index >= 15 is 0 Å². The van der Waals surface area contributed by atoms with Crippen molar-refractivity contribution in [3.05, 3.63) is 29.3 Å². The molecule has 3 amide bonds. The largest absolute Gasteiger partial charge is 0.478 e. The van der Waals surface area contributed by atoms with Crippen molar-refractivity contribution in [2.75, 3.05) is 10.7 Å². The number of carbonyl (C=O) groups is 3. The highest BCUT2D eigenvalue weighted by atomic mass is 32.2. The Morgan fingerprint density at radius 3 is 2.73 bits per heavy atom. The molecule has 0 spiro atoms. The first-order valence-electron chi connectivity index (χ1n) is 10.8. The van der Waals surface area contributed by atoms with E-state index in [1.807, 2.05) is 29.7 Å². The van der Waals surface area contributed by atoms with Crippen LogP contribution in [0.3, 0.4) is 0 Å². The maximum atomic E-state index is 13.0. The molecular weight excluding hydrogens is 402 g/mol. The monoisotopic (exact) mass is 431 g/mol. The molecule has 162 valence electrons. The van der Waals surface area contributed by atoms with E-state index in [0.29, 0.717) is 23.7 Å².